The van der Waals surface area contributed by atoms with Crippen molar-refractivity contribution in [1.29, 1.82) is 0 Å². The van der Waals surface area contributed by atoms with Crippen molar-refractivity contribution >= 4 is 10.8 Å². The summed E-state index contributed by atoms with van der Waals surface area (Å²) in [5.41, 5.74) is 14.9. The van der Waals surface area contributed by atoms with Crippen LogP contribution in [0.2, 0.25) is 0 Å². The Morgan fingerprint density at radius 1 is 0.410 bits per heavy atom. The van der Waals surface area contributed by atoms with Gasteiger partial charge in [-0.2, -0.15) is 13.2 Å². The van der Waals surface area contributed by atoms with Crippen molar-refractivity contribution in [3.8, 4) is 28.0 Å². The van der Waals surface area contributed by atoms with Gasteiger partial charge < -0.3 is 9.47 Å². The molecule has 0 saturated heterocycles. The van der Waals surface area contributed by atoms with Crippen LogP contribution in [-0.4, -0.2) is 0 Å². The highest BCUT2D eigenvalue weighted by Crippen LogP contribution is 2.31. The number of hydrogen-bond acceptors (Lipinski definition) is 2. The summed E-state index contributed by atoms with van der Waals surface area (Å²) in [4.78, 5) is 0. The number of ether oxygens (including phenoxy) is 2. The Labute approximate surface area is 359 Å². The summed E-state index contributed by atoms with van der Waals surface area (Å²) in [7, 11) is 0. The Kier molecular flexibility index (Phi) is 17.3. The average Bonchev–Trinajstić information content (AvgIpc) is 3.27. The zero-order chi connectivity index (χ0) is 43.6. The predicted molar refractivity (Wildman–Crippen MR) is 248 cm³/mol. The largest absolute Gasteiger partial charge is 0.428 e. The fourth-order valence-electron chi connectivity index (χ4n) is 6.40. The molecule has 8 rings (SSSR count). The maximum absolute atomic E-state index is 12.6. The van der Waals surface area contributed by atoms with E-state index >= 15 is 0 Å². The Hall–Kier alpha value is -6.69. The quantitative estimate of drug-likeness (QED) is 0.142. The summed E-state index contributed by atoms with van der Waals surface area (Å²) in [6.07, 6.45) is -2.48. The van der Waals surface area contributed by atoms with Crippen molar-refractivity contribution in [2.45, 2.75) is 54.8 Å². The summed E-state index contributed by atoms with van der Waals surface area (Å²) < 4.78 is 46.3. The van der Waals surface area contributed by atoms with Crippen LogP contribution in [0.4, 0.5) is 13.2 Å². The Morgan fingerprint density at radius 3 is 1.49 bits per heavy atom. The van der Waals surface area contributed by atoms with Crippen molar-refractivity contribution < 1.29 is 22.6 Å². The SMILES string of the molecule is Cc1ccc(-c2ccc(C)c(-c3ccccc3C)c2)cc1.Cc1ccc(COCc2ccc(OC(F)=C(F)F)cc2)cc1.Cc1cccc2ccccc12.Cc1ccccc1. The fraction of sp³-hybridized carbons (Fsp3) is 0.143. The van der Waals surface area contributed by atoms with Gasteiger partial charge in [0.1, 0.15) is 5.75 Å². The molecule has 8 aromatic rings. The minimum atomic E-state index is -2.48. The molecule has 8 aromatic carbocycles. The number of benzene rings is 8. The molecule has 0 radical (unpaired) electrons. The van der Waals surface area contributed by atoms with Crippen LogP contribution in [0.3, 0.4) is 0 Å². The minimum Gasteiger partial charge on any atom is -0.428 e. The number of rotatable bonds is 8. The molecular formula is C56H53F3O2. The molecule has 0 aromatic heterocycles. The molecule has 0 heterocycles. The van der Waals surface area contributed by atoms with E-state index in [9.17, 15) is 13.2 Å². The van der Waals surface area contributed by atoms with E-state index in [1.807, 2.05) is 49.4 Å². The summed E-state index contributed by atoms with van der Waals surface area (Å²) in [6.45, 7) is 13.6. The zero-order valence-corrected chi connectivity index (χ0v) is 35.8. The third-order valence-electron chi connectivity index (χ3n) is 9.94. The van der Waals surface area contributed by atoms with E-state index < -0.39 is 12.1 Å². The van der Waals surface area contributed by atoms with Gasteiger partial charge in [-0.25, -0.2) is 0 Å². The van der Waals surface area contributed by atoms with Gasteiger partial charge in [0.05, 0.1) is 13.2 Å². The van der Waals surface area contributed by atoms with Crippen molar-refractivity contribution in [2.24, 2.45) is 0 Å². The molecule has 0 aliphatic rings. The van der Waals surface area contributed by atoms with E-state index in [4.69, 9.17) is 4.74 Å². The van der Waals surface area contributed by atoms with Crippen LogP contribution < -0.4 is 4.74 Å². The van der Waals surface area contributed by atoms with Gasteiger partial charge in [0.15, 0.2) is 0 Å². The smallest absolute Gasteiger partial charge is 0.344 e. The first-order valence-corrected chi connectivity index (χ1v) is 20.3. The van der Waals surface area contributed by atoms with Crippen molar-refractivity contribution in [2.75, 3.05) is 0 Å². The van der Waals surface area contributed by atoms with Crippen molar-refractivity contribution in [3.63, 3.8) is 0 Å². The van der Waals surface area contributed by atoms with Crippen LogP contribution in [0.1, 0.15) is 44.5 Å². The molecule has 0 spiro atoms. The highest BCUT2D eigenvalue weighted by molar-refractivity contribution is 5.85. The van der Waals surface area contributed by atoms with Gasteiger partial charge in [0.2, 0.25) is 0 Å². The first-order chi connectivity index (χ1) is 29.5. The highest BCUT2D eigenvalue weighted by atomic mass is 19.3. The van der Waals surface area contributed by atoms with E-state index in [0.29, 0.717) is 13.2 Å². The second-order valence-electron chi connectivity index (χ2n) is 14.9. The molecule has 2 nitrogen and oxygen atoms in total. The molecule has 0 unspecified atom stereocenters. The predicted octanol–water partition coefficient (Wildman–Crippen LogP) is 16.2. The van der Waals surface area contributed by atoms with Crippen LogP contribution in [0.15, 0.2) is 200 Å². The molecule has 0 aliphatic carbocycles. The maximum atomic E-state index is 12.6. The van der Waals surface area contributed by atoms with Gasteiger partial charge in [-0.15, -0.1) is 0 Å². The van der Waals surface area contributed by atoms with Crippen molar-refractivity contribution in [3.05, 3.63) is 245 Å². The molecule has 310 valence electrons. The van der Waals surface area contributed by atoms with Crippen LogP contribution >= 0.6 is 0 Å². The lowest BCUT2D eigenvalue weighted by Crippen LogP contribution is -1.95. The second-order valence-corrected chi connectivity index (χ2v) is 14.9. The highest BCUT2D eigenvalue weighted by Gasteiger charge is 2.09. The van der Waals surface area contributed by atoms with Gasteiger partial charge in [0, 0.05) is 0 Å². The summed E-state index contributed by atoms with van der Waals surface area (Å²) in [6, 6.07) is 61.3. The Morgan fingerprint density at radius 2 is 0.902 bits per heavy atom. The number of fused-ring (bicyclic) bond motifs is 1. The average molecular weight is 815 g/mol. The van der Waals surface area contributed by atoms with Gasteiger partial charge in [-0.3, -0.25) is 0 Å². The lowest BCUT2D eigenvalue weighted by Gasteiger charge is -2.12. The summed E-state index contributed by atoms with van der Waals surface area (Å²) in [5.74, 6) is 0.00702. The van der Waals surface area contributed by atoms with Crippen LogP contribution in [0, 0.1) is 41.5 Å². The fourth-order valence-corrected chi connectivity index (χ4v) is 6.40. The van der Waals surface area contributed by atoms with Gasteiger partial charge >= 0.3 is 12.1 Å². The van der Waals surface area contributed by atoms with Crippen LogP contribution in [-0.2, 0) is 18.0 Å². The normalized spacial score (nSPS) is 10.2. The van der Waals surface area contributed by atoms with Crippen molar-refractivity contribution in [1.82, 2.24) is 0 Å². The molecular weight excluding hydrogens is 762 g/mol. The number of aryl methyl sites for hydroxylation is 6. The molecule has 0 N–H and O–H groups in total. The summed E-state index contributed by atoms with van der Waals surface area (Å²) in [5, 5.41) is 2.68. The number of halogens is 3. The van der Waals surface area contributed by atoms with E-state index in [1.165, 1.54) is 78.5 Å². The molecule has 0 atom stereocenters. The lowest BCUT2D eigenvalue weighted by atomic mass is 9.93. The maximum Gasteiger partial charge on any atom is 0.344 e. The topological polar surface area (TPSA) is 18.5 Å². The molecule has 0 fully saturated rings. The number of hydrogen-bond donors (Lipinski definition) is 0. The standard InChI is InChI=1S/C21H20.C17H15F3O2.C11H10.C7H8/c1-15-8-11-18(12-9-15)19-13-10-17(3)21(14-19)20-7-5-4-6-16(20)2;1-12-2-4-13(5-3-12)10-21-11-14-6-8-15(9-7-14)22-17(20)16(18)19;1-9-5-4-7-10-6-2-3-8-11(9)10;1-7-5-3-2-4-6-7/h4-14H,1-3H3;2-9H,10-11H2,1H3;2-8H,1H3;2-6H,1H3. The van der Waals surface area contributed by atoms with Gasteiger partial charge in [-0.05, 0) is 121 Å². The van der Waals surface area contributed by atoms with Gasteiger partial charge in [0.25, 0.3) is 0 Å². The minimum absolute atomic E-state index is 0.00702. The van der Waals surface area contributed by atoms with E-state index in [-0.39, 0.29) is 5.75 Å². The zero-order valence-electron chi connectivity index (χ0n) is 35.8. The van der Waals surface area contributed by atoms with E-state index in [2.05, 4.69) is 161 Å². The third kappa shape index (κ3) is 14.5. The second kappa shape index (κ2) is 23.2. The van der Waals surface area contributed by atoms with Crippen LogP contribution in [0.25, 0.3) is 33.0 Å². The van der Waals surface area contributed by atoms with E-state index in [1.54, 1.807) is 12.1 Å². The first kappa shape index (κ1) is 45.4. The summed E-state index contributed by atoms with van der Waals surface area (Å²) >= 11 is 0. The Bertz CT molecular complexity index is 2590. The third-order valence-corrected chi connectivity index (χ3v) is 9.94. The molecule has 61 heavy (non-hydrogen) atoms. The monoisotopic (exact) mass is 814 g/mol. The molecule has 0 bridgehead atoms. The van der Waals surface area contributed by atoms with Gasteiger partial charge in [-0.1, -0.05) is 187 Å². The Balaban J connectivity index is 0.000000166. The first-order valence-electron chi connectivity index (χ1n) is 20.3. The van der Waals surface area contributed by atoms with Crippen LogP contribution in [0.5, 0.6) is 5.75 Å². The molecule has 5 heteroatoms. The van der Waals surface area contributed by atoms with E-state index in [0.717, 1.165) is 11.1 Å². The molecule has 0 saturated carbocycles. The molecule has 0 aliphatic heterocycles. The lowest BCUT2D eigenvalue weighted by molar-refractivity contribution is 0.107. The molecule has 0 amide bonds.